The van der Waals surface area contributed by atoms with Crippen molar-refractivity contribution in [2.45, 2.75) is 39.9 Å². The summed E-state index contributed by atoms with van der Waals surface area (Å²) in [6.07, 6.45) is 4.06. The van der Waals surface area contributed by atoms with Crippen molar-refractivity contribution in [1.29, 1.82) is 0 Å². The molecule has 0 aliphatic rings. The van der Waals surface area contributed by atoms with Crippen LogP contribution in [-0.4, -0.2) is 19.6 Å². The molecule has 0 aromatic carbocycles. The fourth-order valence-electron chi connectivity index (χ4n) is 1.86. The lowest BCUT2D eigenvalue weighted by Crippen LogP contribution is -2.09. The number of hydrogen-bond acceptors (Lipinski definition) is 3. The first kappa shape index (κ1) is 16.4. The van der Waals surface area contributed by atoms with Crippen molar-refractivity contribution in [2.75, 3.05) is 5.32 Å². The Kier molecular flexibility index (Phi) is 5.94. The number of aromatic nitrogens is 4. The molecule has 5 nitrogen and oxygen atoms in total. The number of rotatable bonds is 6. The summed E-state index contributed by atoms with van der Waals surface area (Å²) in [6.45, 7) is 2.55. The predicted octanol–water partition coefficient (Wildman–Crippen LogP) is 3.23. The van der Waals surface area contributed by atoms with Crippen LogP contribution in [0.5, 0.6) is 0 Å². The highest BCUT2D eigenvalue weighted by Gasteiger charge is 2.11. The lowest BCUT2D eigenvalue weighted by atomic mass is 10.3. The molecule has 2 heterocycles. The van der Waals surface area contributed by atoms with Crippen molar-refractivity contribution in [3.05, 3.63) is 29.8 Å². The van der Waals surface area contributed by atoms with Crippen LogP contribution in [0.2, 0.25) is 0 Å². The molecule has 0 saturated heterocycles. The van der Waals surface area contributed by atoms with Crippen LogP contribution in [0.25, 0.3) is 0 Å². The molecule has 0 radical (unpaired) electrons. The number of hydrogen-bond donors (Lipinski definition) is 1. The Labute approximate surface area is 122 Å². The Hall–Kier alpha value is -1.63. The molecule has 0 atom stereocenters. The zero-order valence-electron chi connectivity index (χ0n) is 11.4. The molecule has 8 heteroatoms. The van der Waals surface area contributed by atoms with Crippen LogP contribution in [0.3, 0.4) is 0 Å². The molecule has 2 rings (SSSR count). The molecule has 20 heavy (non-hydrogen) atoms. The van der Waals surface area contributed by atoms with Gasteiger partial charge in [0, 0.05) is 12.7 Å². The van der Waals surface area contributed by atoms with Gasteiger partial charge in [-0.3, -0.25) is 4.68 Å². The van der Waals surface area contributed by atoms with Crippen molar-refractivity contribution < 1.29 is 8.78 Å². The number of anilines is 1. The minimum atomic E-state index is -2.61. The zero-order chi connectivity index (χ0) is 13.8. The summed E-state index contributed by atoms with van der Waals surface area (Å²) in [5, 5.41) is 11.1. The van der Waals surface area contributed by atoms with E-state index in [2.05, 4.69) is 22.4 Å². The lowest BCUT2D eigenvalue weighted by Gasteiger charge is -2.07. The molecular weight excluding hydrogens is 288 g/mol. The van der Waals surface area contributed by atoms with E-state index in [0.717, 1.165) is 18.7 Å². The van der Waals surface area contributed by atoms with E-state index in [9.17, 15) is 8.78 Å². The second-order valence-corrected chi connectivity index (χ2v) is 4.29. The minimum absolute atomic E-state index is 0. The first-order chi connectivity index (χ1) is 9.11. The Balaban J connectivity index is 0.00000200. The van der Waals surface area contributed by atoms with Crippen LogP contribution in [0.1, 0.15) is 31.3 Å². The number of alkyl halides is 2. The van der Waals surface area contributed by atoms with Crippen LogP contribution < -0.4 is 5.32 Å². The number of aryl methyl sites for hydroxylation is 2. The largest absolute Gasteiger partial charge is 0.377 e. The third-order valence-electron chi connectivity index (χ3n) is 2.82. The second-order valence-electron chi connectivity index (χ2n) is 4.29. The summed E-state index contributed by atoms with van der Waals surface area (Å²) in [5.74, 6) is 0. The summed E-state index contributed by atoms with van der Waals surface area (Å²) in [7, 11) is 0. The number of nitrogens with one attached hydrogen (secondary N) is 1. The van der Waals surface area contributed by atoms with E-state index in [4.69, 9.17) is 0 Å². The Morgan fingerprint density at radius 3 is 2.75 bits per heavy atom. The van der Waals surface area contributed by atoms with Crippen molar-refractivity contribution in [1.82, 2.24) is 19.6 Å². The van der Waals surface area contributed by atoms with Crippen molar-refractivity contribution in [2.24, 2.45) is 0 Å². The predicted molar refractivity (Wildman–Crippen MR) is 75.3 cm³/mol. The van der Waals surface area contributed by atoms with Gasteiger partial charge in [-0.15, -0.1) is 12.4 Å². The van der Waals surface area contributed by atoms with Gasteiger partial charge in [0.25, 0.3) is 0 Å². The average molecular weight is 306 g/mol. The van der Waals surface area contributed by atoms with Gasteiger partial charge in [-0.25, -0.2) is 4.68 Å². The van der Waals surface area contributed by atoms with Crippen LogP contribution in [0.4, 0.5) is 14.5 Å². The summed E-state index contributed by atoms with van der Waals surface area (Å²) in [6, 6.07) is 1.91. The van der Waals surface area contributed by atoms with Gasteiger partial charge in [0.1, 0.15) is 0 Å². The molecule has 2 aromatic rings. The van der Waals surface area contributed by atoms with Crippen LogP contribution in [0.15, 0.2) is 18.5 Å². The van der Waals surface area contributed by atoms with E-state index >= 15 is 0 Å². The highest BCUT2D eigenvalue weighted by atomic mass is 35.5. The van der Waals surface area contributed by atoms with Gasteiger partial charge in [-0.05, 0) is 19.4 Å². The van der Waals surface area contributed by atoms with Crippen molar-refractivity contribution in [3.63, 3.8) is 0 Å². The standard InChI is InChI=1S/C12H17F2N5.ClH/c1-3-6-18-10(4-5-16-18)7-15-11-8-19(12(13)14)17-9(11)2;/h4-5,8,12,15H,3,6-7H2,1-2H3;1H. The SMILES string of the molecule is CCCn1nccc1CNc1cn(C(F)F)nc1C.Cl. The van der Waals surface area contributed by atoms with Crippen molar-refractivity contribution >= 4 is 18.1 Å². The maximum absolute atomic E-state index is 12.5. The molecule has 0 bridgehead atoms. The van der Waals surface area contributed by atoms with Crippen LogP contribution >= 0.6 is 12.4 Å². The summed E-state index contributed by atoms with van der Waals surface area (Å²) in [4.78, 5) is 0. The lowest BCUT2D eigenvalue weighted by molar-refractivity contribution is 0.0563. The zero-order valence-corrected chi connectivity index (χ0v) is 12.2. The third-order valence-corrected chi connectivity index (χ3v) is 2.82. The van der Waals surface area contributed by atoms with Crippen molar-refractivity contribution in [3.8, 4) is 0 Å². The first-order valence-corrected chi connectivity index (χ1v) is 6.20. The topological polar surface area (TPSA) is 47.7 Å². The van der Waals surface area contributed by atoms with E-state index in [-0.39, 0.29) is 12.4 Å². The van der Waals surface area contributed by atoms with E-state index in [1.54, 1.807) is 13.1 Å². The minimum Gasteiger partial charge on any atom is -0.377 e. The smallest absolute Gasteiger partial charge is 0.333 e. The maximum atomic E-state index is 12.5. The second kappa shape index (κ2) is 7.23. The molecule has 0 saturated carbocycles. The third kappa shape index (κ3) is 3.69. The van der Waals surface area contributed by atoms with Crippen LogP contribution in [-0.2, 0) is 13.1 Å². The molecule has 0 unspecified atom stereocenters. The van der Waals surface area contributed by atoms with E-state index in [1.807, 2.05) is 10.7 Å². The molecule has 1 N–H and O–H groups in total. The summed E-state index contributed by atoms with van der Waals surface area (Å²) < 4.78 is 27.6. The van der Waals surface area contributed by atoms with Gasteiger partial charge in [-0.2, -0.15) is 19.0 Å². The normalized spacial score (nSPS) is 10.7. The van der Waals surface area contributed by atoms with Gasteiger partial charge < -0.3 is 5.32 Å². The fourth-order valence-corrected chi connectivity index (χ4v) is 1.86. The van der Waals surface area contributed by atoms with Gasteiger partial charge in [0.05, 0.1) is 29.8 Å². The summed E-state index contributed by atoms with van der Waals surface area (Å²) in [5.41, 5.74) is 2.19. The van der Waals surface area contributed by atoms with E-state index in [1.165, 1.54) is 6.20 Å². The van der Waals surface area contributed by atoms with Gasteiger partial charge in [-0.1, -0.05) is 6.92 Å². The molecule has 112 valence electrons. The Morgan fingerprint density at radius 2 is 2.15 bits per heavy atom. The molecule has 0 spiro atoms. The van der Waals surface area contributed by atoms with Gasteiger partial charge in [0.2, 0.25) is 0 Å². The number of halogens is 3. The molecule has 0 amide bonds. The molecule has 2 aromatic heterocycles. The highest BCUT2D eigenvalue weighted by molar-refractivity contribution is 5.85. The maximum Gasteiger partial charge on any atom is 0.333 e. The van der Waals surface area contributed by atoms with Crippen LogP contribution in [0, 0.1) is 6.92 Å². The Morgan fingerprint density at radius 1 is 1.40 bits per heavy atom. The van der Waals surface area contributed by atoms with E-state index in [0.29, 0.717) is 22.6 Å². The van der Waals surface area contributed by atoms with E-state index < -0.39 is 6.55 Å². The monoisotopic (exact) mass is 305 g/mol. The Bertz CT molecular complexity index is 538. The molecule has 0 aliphatic carbocycles. The van der Waals surface area contributed by atoms with Gasteiger partial charge in [0.15, 0.2) is 0 Å². The molecule has 0 fully saturated rings. The highest BCUT2D eigenvalue weighted by Crippen LogP contribution is 2.18. The molecular formula is C12H18ClF2N5. The van der Waals surface area contributed by atoms with Gasteiger partial charge >= 0.3 is 6.55 Å². The average Bonchev–Trinajstić information content (AvgIpc) is 2.94. The summed E-state index contributed by atoms with van der Waals surface area (Å²) >= 11 is 0. The molecule has 0 aliphatic heterocycles. The first-order valence-electron chi connectivity index (χ1n) is 6.20. The number of nitrogens with zero attached hydrogens (tertiary/aromatic N) is 4. The fraction of sp³-hybridized carbons (Fsp3) is 0.500. The quantitative estimate of drug-likeness (QED) is 0.891.